The first-order valence-corrected chi connectivity index (χ1v) is 12.8. The van der Waals surface area contributed by atoms with Gasteiger partial charge in [-0.25, -0.2) is 0 Å². The lowest BCUT2D eigenvalue weighted by molar-refractivity contribution is -0.192. The van der Waals surface area contributed by atoms with E-state index in [1.807, 2.05) is 19.9 Å². The van der Waals surface area contributed by atoms with Gasteiger partial charge in [-0.05, 0) is 58.6 Å². The van der Waals surface area contributed by atoms with Gasteiger partial charge in [0.1, 0.15) is 29.5 Å². The molecule has 2 saturated heterocycles. The highest BCUT2D eigenvalue weighted by molar-refractivity contribution is 5.68. The molecule has 2 bridgehead atoms. The van der Waals surface area contributed by atoms with E-state index >= 15 is 0 Å². The van der Waals surface area contributed by atoms with Gasteiger partial charge >= 0.3 is 23.9 Å². The lowest BCUT2D eigenvalue weighted by Crippen LogP contribution is -2.58. The lowest BCUT2D eigenvalue weighted by Gasteiger charge is -2.49. The van der Waals surface area contributed by atoms with Gasteiger partial charge in [0.25, 0.3) is 0 Å². The summed E-state index contributed by atoms with van der Waals surface area (Å²) in [6.07, 6.45) is 0.866. The van der Waals surface area contributed by atoms with Gasteiger partial charge in [0.05, 0.1) is 6.10 Å². The van der Waals surface area contributed by atoms with Crippen LogP contribution in [-0.4, -0.2) is 59.5 Å². The molecule has 0 aromatic carbocycles. The maximum Gasteiger partial charge on any atom is 0.303 e. The number of esters is 4. The Morgan fingerprint density at radius 2 is 1.65 bits per heavy atom. The Bertz CT molecular complexity index is 996. The van der Waals surface area contributed by atoms with Crippen LogP contribution in [0.25, 0.3) is 0 Å². The topological polar surface area (TPSA) is 114 Å². The number of hydrogen-bond donors (Lipinski definition) is 0. The molecule has 2 fully saturated rings. The van der Waals surface area contributed by atoms with Crippen LogP contribution in [0.15, 0.2) is 23.8 Å². The van der Waals surface area contributed by atoms with Gasteiger partial charge < -0.3 is 23.7 Å². The molecule has 3 rings (SSSR count). The smallest absolute Gasteiger partial charge is 0.303 e. The molecular weight excluding hydrogens is 480 g/mol. The van der Waals surface area contributed by atoms with Gasteiger partial charge in [-0.3, -0.25) is 19.2 Å². The van der Waals surface area contributed by atoms with Crippen molar-refractivity contribution < 1.29 is 42.9 Å². The molecule has 0 radical (unpaired) electrons. The molecule has 2 heterocycles. The molecule has 37 heavy (non-hydrogen) atoms. The van der Waals surface area contributed by atoms with Crippen LogP contribution in [0.2, 0.25) is 0 Å². The van der Waals surface area contributed by atoms with Crippen molar-refractivity contribution in [2.45, 2.75) is 110 Å². The fraction of sp³-hybridized carbons (Fsp3) is 0.714. The number of hydrogen-bond acceptors (Lipinski definition) is 9. The average molecular weight is 521 g/mol. The summed E-state index contributed by atoms with van der Waals surface area (Å²) in [5.41, 5.74) is -0.463. The summed E-state index contributed by atoms with van der Waals surface area (Å²) in [5.74, 6) is -2.77. The minimum Gasteiger partial charge on any atom is -0.459 e. The summed E-state index contributed by atoms with van der Waals surface area (Å²) in [6, 6.07) is 0. The number of carbonyl (C=O) groups is 4. The molecular formula is C28H40O9. The second kappa shape index (κ2) is 10.6. The molecule has 2 aliphatic heterocycles. The highest BCUT2D eigenvalue weighted by atomic mass is 16.6. The Morgan fingerprint density at radius 1 is 1.03 bits per heavy atom. The fourth-order valence-corrected chi connectivity index (χ4v) is 6.76. The molecule has 9 heteroatoms. The zero-order chi connectivity index (χ0) is 27.9. The van der Waals surface area contributed by atoms with Crippen LogP contribution in [0.4, 0.5) is 0 Å². The van der Waals surface area contributed by atoms with E-state index in [9.17, 15) is 19.2 Å². The normalized spacial score (nSPS) is 35.6. The maximum atomic E-state index is 12.3. The van der Waals surface area contributed by atoms with Crippen LogP contribution in [0.1, 0.15) is 74.7 Å². The van der Waals surface area contributed by atoms with Crippen molar-refractivity contribution in [3.63, 3.8) is 0 Å². The second-order valence-electron chi connectivity index (χ2n) is 11.3. The Balaban J connectivity index is 2.19. The Hall–Kier alpha value is -2.68. The van der Waals surface area contributed by atoms with Crippen molar-refractivity contribution in [1.82, 2.24) is 0 Å². The standard InChI is InChI=1S/C28H40O9/c1-14-12-21-23-15(2)13-22(34-17(4)30)25(27(7,8)36-18(5)31)24(23)26(35-21)28(9,37-19(6)32)11-10-20(14)33-16(3)29/h13,20-26H,1,10-12H2,2-9H3/t20?,21-,22+,23?,24?,25?,26-,28+/m0/s1. The van der Waals surface area contributed by atoms with Crippen molar-refractivity contribution in [2.24, 2.45) is 17.8 Å². The minimum absolute atomic E-state index is 0.167. The number of ether oxygens (including phenoxy) is 5. The third-order valence-corrected chi connectivity index (χ3v) is 7.83. The molecule has 0 N–H and O–H groups in total. The first kappa shape index (κ1) is 28.9. The minimum atomic E-state index is -1.10. The molecule has 9 nitrogen and oxygen atoms in total. The van der Waals surface area contributed by atoms with Gasteiger partial charge in [-0.15, -0.1) is 0 Å². The molecule has 0 aromatic rings. The third-order valence-electron chi connectivity index (χ3n) is 7.83. The number of carbonyl (C=O) groups excluding carboxylic acids is 4. The van der Waals surface area contributed by atoms with Crippen LogP contribution >= 0.6 is 0 Å². The van der Waals surface area contributed by atoms with Crippen molar-refractivity contribution >= 4 is 23.9 Å². The maximum absolute atomic E-state index is 12.3. The summed E-state index contributed by atoms with van der Waals surface area (Å²) in [7, 11) is 0. The van der Waals surface area contributed by atoms with Crippen molar-refractivity contribution in [1.29, 1.82) is 0 Å². The molecule has 4 unspecified atom stereocenters. The summed E-state index contributed by atoms with van der Waals surface area (Å²) in [4.78, 5) is 48.4. The van der Waals surface area contributed by atoms with E-state index in [2.05, 4.69) is 6.58 Å². The van der Waals surface area contributed by atoms with Crippen LogP contribution in [0, 0.1) is 17.8 Å². The number of rotatable bonds is 5. The molecule has 8 atom stereocenters. The summed E-state index contributed by atoms with van der Waals surface area (Å²) in [5, 5.41) is 0. The van der Waals surface area contributed by atoms with Gasteiger partial charge in [-0.1, -0.05) is 12.2 Å². The summed E-state index contributed by atoms with van der Waals surface area (Å²) < 4.78 is 29.8. The van der Waals surface area contributed by atoms with Crippen LogP contribution in [0.5, 0.6) is 0 Å². The van der Waals surface area contributed by atoms with E-state index in [-0.39, 0.29) is 17.9 Å². The number of fused-ring (bicyclic) bond motifs is 5. The zero-order valence-electron chi connectivity index (χ0n) is 23.1. The monoisotopic (exact) mass is 520 g/mol. The Labute approximate surface area is 218 Å². The lowest BCUT2D eigenvalue weighted by atomic mass is 9.60. The van der Waals surface area contributed by atoms with Crippen LogP contribution in [-0.2, 0) is 42.9 Å². The SMILES string of the molecule is C=C1C[C@@H]2O[C@@H](C3C2C(C)=C[C@@H](OC(C)=O)C3C(C)(C)OC(C)=O)[C@](C)(OC(C)=O)CCC1OC(C)=O. The van der Waals surface area contributed by atoms with Crippen LogP contribution in [0.3, 0.4) is 0 Å². The predicted molar refractivity (Wildman–Crippen MR) is 133 cm³/mol. The largest absolute Gasteiger partial charge is 0.459 e. The van der Waals surface area contributed by atoms with E-state index < -0.39 is 59.3 Å². The van der Waals surface area contributed by atoms with Gasteiger partial charge in [0.2, 0.25) is 0 Å². The van der Waals surface area contributed by atoms with E-state index in [1.165, 1.54) is 27.7 Å². The second-order valence-corrected chi connectivity index (χ2v) is 11.3. The highest BCUT2D eigenvalue weighted by Crippen LogP contribution is 2.56. The van der Waals surface area contributed by atoms with Crippen molar-refractivity contribution in [3.05, 3.63) is 23.8 Å². The molecule has 0 aromatic heterocycles. The van der Waals surface area contributed by atoms with Crippen molar-refractivity contribution in [2.75, 3.05) is 0 Å². The molecule has 1 aliphatic carbocycles. The highest BCUT2D eigenvalue weighted by Gasteiger charge is 2.63. The molecule has 0 spiro atoms. The third kappa shape index (κ3) is 6.08. The van der Waals surface area contributed by atoms with E-state index in [0.29, 0.717) is 19.3 Å². The Kier molecular flexibility index (Phi) is 8.27. The summed E-state index contributed by atoms with van der Waals surface area (Å²) >= 11 is 0. The molecule has 0 amide bonds. The molecule has 3 aliphatic rings. The van der Waals surface area contributed by atoms with Gasteiger partial charge in [-0.2, -0.15) is 0 Å². The van der Waals surface area contributed by atoms with Crippen molar-refractivity contribution in [3.8, 4) is 0 Å². The van der Waals surface area contributed by atoms with E-state index in [4.69, 9.17) is 23.7 Å². The average Bonchev–Trinajstić information content (AvgIpc) is 3.09. The quantitative estimate of drug-likeness (QED) is 0.303. The Morgan fingerprint density at radius 3 is 2.19 bits per heavy atom. The molecule has 0 saturated carbocycles. The van der Waals surface area contributed by atoms with Crippen LogP contribution < -0.4 is 0 Å². The van der Waals surface area contributed by atoms with Gasteiger partial charge in [0.15, 0.2) is 0 Å². The first-order valence-electron chi connectivity index (χ1n) is 12.8. The van der Waals surface area contributed by atoms with E-state index in [1.54, 1.807) is 13.8 Å². The first-order chi connectivity index (χ1) is 17.1. The fourth-order valence-electron chi connectivity index (χ4n) is 6.76. The zero-order valence-corrected chi connectivity index (χ0v) is 23.1. The predicted octanol–water partition coefficient (Wildman–Crippen LogP) is 3.83. The summed E-state index contributed by atoms with van der Waals surface area (Å²) in [6.45, 7) is 17.0. The molecule has 206 valence electrons. The van der Waals surface area contributed by atoms with Gasteiger partial charge in [0, 0.05) is 45.4 Å². The van der Waals surface area contributed by atoms with E-state index in [0.717, 1.165) is 11.1 Å².